The molecule has 1 aromatic rings. The van der Waals surface area contributed by atoms with E-state index in [0.717, 1.165) is 32.1 Å². The minimum atomic E-state index is -0.739. The van der Waals surface area contributed by atoms with Crippen LogP contribution in [-0.2, 0) is 10.8 Å². The number of nitrogens with zero attached hydrogens (tertiary/aromatic N) is 2. The van der Waals surface area contributed by atoms with Crippen LogP contribution in [0.4, 0.5) is 0 Å². The van der Waals surface area contributed by atoms with Crippen LogP contribution in [0.3, 0.4) is 0 Å². The maximum absolute atomic E-state index is 12.6. The van der Waals surface area contributed by atoms with Crippen molar-refractivity contribution in [1.29, 1.82) is 0 Å². The van der Waals surface area contributed by atoms with Gasteiger partial charge in [-0.1, -0.05) is 6.42 Å². The van der Waals surface area contributed by atoms with Crippen LogP contribution in [-0.4, -0.2) is 37.1 Å². The summed E-state index contributed by atoms with van der Waals surface area (Å²) in [7, 11) is -0.739. The first-order chi connectivity index (χ1) is 10.2. The summed E-state index contributed by atoms with van der Waals surface area (Å²) >= 11 is 0. The third-order valence-corrected chi connectivity index (χ3v) is 6.53. The predicted octanol–water partition coefficient (Wildman–Crippen LogP) is 2.14. The first kappa shape index (κ1) is 14.6. The Labute approximate surface area is 127 Å². The lowest BCUT2D eigenvalue weighted by molar-refractivity contribution is 0.0894. The zero-order chi connectivity index (χ0) is 14.8. The van der Waals surface area contributed by atoms with E-state index < -0.39 is 10.8 Å². The highest BCUT2D eigenvalue weighted by molar-refractivity contribution is 7.86. The zero-order valence-corrected chi connectivity index (χ0v) is 13.0. The molecule has 6 heteroatoms. The monoisotopic (exact) mass is 308 g/mol. The molecule has 3 rings (SSSR count). The lowest BCUT2D eigenvalue weighted by atomic mass is 9.85. The van der Waals surface area contributed by atoms with E-state index in [0.29, 0.717) is 18.2 Å². The van der Waals surface area contributed by atoms with Crippen LogP contribution in [0.5, 0.6) is 6.01 Å². The molecule has 0 amide bonds. The molecule has 2 bridgehead atoms. The number of ketones is 1. The third kappa shape index (κ3) is 3.00. The van der Waals surface area contributed by atoms with Gasteiger partial charge in [-0.25, -0.2) is 9.97 Å². The number of hydrogen-bond donors (Lipinski definition) is 0. The van der Waals surface area contributed by atoms with E-state index in [1.807, 2.05) is 6.92 Å². The van der Waals surface area contributed by atoms with Gasteiger partial charge in [0.1, 0.15) is 0 Å². The molecule has 0 aromatic carbocycles. The number of aromatic nitrogens is 2. The van der Waals surface area contributed by atoms with E-state index in [9.17, 15) is 9.00 Å². The normalized spacial score (nSPS) is 31.7. The molecule has 2 aliphatic rings. The molecule has 0 radical (unpaired) electrons. The van der Waals surface area contributed by atoms with Crippen molar-refractivity contribution < 1.29 is 13.7 Å². The van der Waals surface area contributed by atoms with Crippen molar-refractivity contribution >= 4 is 16.6 Å². The molecule has 2 unspecified atom stereocenters. The third-order valence-electron chi connectivity index (χ3n) is 4.36. The number of Topliss-reactive ketones (excluding diaryl/α,β-unsaturated/α-hetero) is 1. The predicted molar refractivity (Wildman–Crippen MR) is 79.8 cm³/mol. The van der Waals surface area contributed by atoms with E-state index in [2.05, 4.69) is 9.97 Å². The SMILES string of the molecule is CCOc1ncc(C(=O)C2CC3CCCC(C2)S3=O)cn1. The van der Waals surface area contributed by atoms with Gasteiger partial charge in [-0.2, -0.15) is 0 Å². The lowest BCUT2D eigenvalue weighted by Crippen LogP contribution is -2.41. The molecule has 0 aliphatic carbocycles. The summed E-state index contributed by atoms with van der Waals surface area (Å²) in [5.41, 5.74) is 0.536. The van der Waals surface area contributed by atoms with Gasteiger partial charge in [0.15, 0.2) is 5.78 Å². The topological polar surface area (TPSA) is 69.2 Å². The van der Waals surface area contributed by atoms with Gasteiger partial charge in [0.2, 0.25) is 0 Å². The van der Waals surface area contributed by atoms with E-state index in [-0.39, 0.29) is 22.2 Å². The fraction of sp³-hybridized carbons (Fsp3) is 0.667. The smallest absolute Gasteiger partial charge is 0.316 e. The maximum atomic E-state index is 12.6. The second-order valence-electron chi connectivity index (χ2n) is 5.72. The minimum Gasteiger partial charge on any atom is -0.464 e. The number of fused-ring (bicyclic) bond motifs is 2. The Morgan fingerprint density at radius 3 is 2.48 bits per heavy atom. The highest BCUT2D eigenvalue weighted by Gasteiger charge is 2.40. The second kappa shape index (κ2) is 6.22. The van der Waals surface area contributed by atoms with Crippen molar-refractivity contribution in [2.45, 2.75) is 49.5 Å². The van der Waals surface area contributed by atoms with Gasteiger partial charge in [-0.3, -0.25) is 9.00 Å². The summed E-state index contributed by atoms with van der Waals surface area (Å²) in [5, 5.41) is 0.408. The maximum Gasteiger partial charge on any atom is 0.316 e. The van der Waals surface area contributed by atoms with Crippen LogP contribution in [0.25, 0.3) is 0 Å². The van der Waals surface area contributed by atoms with Crippen LogP contribution in [0.1, 0.15) is 49.4 Å². The lowest BCUT2D eigenvalue weighted by Gasteiger charge is -2.37. The van der Waals surface area contributed by atoms with E-state index in [1.165, 1.54) is 0 Å². The van der Waals surface area contributed by atoms with Gasteiger partial charge >= 0.3 is 6.01 Å². The fourth-order valence-electron chi connectivity index (χ4n) is 3.33. The van der Waals surface area contributed by atoms with Crippen molar-refractivity contribution in [3.63, 3.8) is 0 Å². The Hall–Kier alpha value is -1.30. The molecule has 2 atom stereocenters. The molecular weight excluding hydrogens is 288 g/mol. The molecule has 21 heavy (non-hydrogen) atoms. The Balaban J connectivity index is 1.71. The molecule has 1 aromatic heterocycles. The van der Waals surface area contributed by atoms with Crippen LogP contribution in [0.15, 0.2) is 12.4 Å². The summed E-state index contributed by atoms with van der Waals surface area (Å²) in [4.78, 5) is 20.7. The van der Waals surface area contributed by atoms with E-state index in [1.54, 1.807) is 12.4 Å². The molecule has 2 saturated heterocycles. The molecule has 2 fully saturated rings. The number of hydrogen-bond acceptors (Lipinski definition) is 5. The van der Waals surface area contributed by atoms with E-state index in [4.69, 9.17) is 4.74 Å². The number of rotatable bonds is 4. The van der Waals surface area contributed by atoms with Crippen LogP contribution >= 0.6 is 0 Å². The molecule has 5 nitrogen and oxygen atoms in total. The fourth-order valence-corrected chi connectivity index (χ4v) is 5.52. The molecular formula is C15H20N2O3S. The first-order valence-corrected chi connectivity index (χ1v) is 8.85. The Morgan fingerprint density at radius 2 is 1.90 bits per heavy atom. The summed E-state index contributed by atoms with van der Waals surface area (Å²) in [6.07, 6.45) is 7.71. The summed E-state index contributed by atoms with van der Waals surface area (Å²) < 4.78 is 17.4. The number of carbonyl (C=O) groups is 1. The quantitative estimate of drug-likeness (QED) is 0.797. The molecule has 3 heterocycles. The highest BCUT2D eigenvalue weighted by Crippen LogP contribution is 2.38. The van der Waals surface area contributed by atoms with Crippen LogP contribution < -0.4 is 4.74 Å². The first-order valence-electron chi connectivity index (χ1n) is 7.57. The van der Waals surface area contributed by atoms with Crippen LogP contribution in [0, 0.1) is 5.92 Å². The molecule has 0 spiro atoms. The summed E-state index contributed by atoms with van der Waals surface area (Å²) in [6.45, 7) is 2.37. The molecule has 0 N–H and O–H groups in total. The van der Waals surface area contributed by atoms with Crippen molar-refractivity contribution in [2.75, 3.05) is 6.61 Å². The largest absolute Gasteiger partial charge is 0.464 e. The Bertz CT molecular complexity index is 530. The second-order valence-corrected chi connectivity index (χ2v) is 7.71. The number of carbonyl (C=O) groups excluding carboxylic acids is 1. The van der Waals surface area contributed by atoms with Gasteiger partial charge in [0.05, 0.1) is 12.2 Å². The molecule has 2 aliphatic heterocycles. The standard InChI is InChI=1S/C15H20N2O3S/c1-2-20-15-16-8-11(9-17-15)14(18)10-6-12-4-3-5-13(7-10)21(12)19/h8-10,12-13H,2-7H2,1H3. The van der Waals surface area contributed by atoms with Gasteiger partial charge in [-0.05, 0) is 32.6 Å². The van der Waals surface area contributed by atoms with Crippen molar-refractivity contribution in [1.82, 2.24) is 9.97 Å². The van der Waals surface area contributed by atoms with Gasteiger partial charge in [0.25, 0.3) is 0 Å². The van der Waals surface area contributed by atoms with Gasteiger partial charge < -0.3 is 4.74 Å². The number of ether oxygens (including phenoxy) is 1. The molecule has 0 saturated carbocycles. The average molecular weight is 308 g/mol. The van der Waals surface area contributed by atoms with Crippen LogP contribution in [0.2, 0.25) is 0 Å². The van der Waals surface area contributed by atoms with Crippen molar-refractivity contribution in [3.05, 3.63) is 18.0 Å². The average Bonchev–Trinajstić information content (AvgIpc) is 2.47. The Kier molecular flexibility index (Phi) is 4.33. The Morgan fingerprint density at radius 1 is 1.29 bits per heavy atom. The van der Waals surface area contributed by atoms with Gasteiger partial charge in [0, 0.05) is 39.6 Å². The van der Waals surface area contributed by atoms with Crippen molar-refractivity contribution in [2.24, 2.45) is 5.92 Å². The zero-order valence-electron chi connectivity index (χ0n) is 12.2. The van der Waals surface area contributed by atoms with Gasteiger partial charge in [-0.15, -0.1) is 0 Å². The molecule has 114 valence electrons. The minimum absolute atomic E-state index is 0.0282. The summed E-state index contributed by atoms with van der Waals surface area (Å²) in [5.74, 6) is 0.0613. The summed E-state index contributed by atoms with van der Waals surface area (Å²) in [6, 6.07) is 0.302. The van der Waals surface area contributed by atoms with E-state index >= 15 is 0 Å². The highest BCUT2D eigenvalue weighted by atomic mass is 32.2. The van der Waals surface area contributed by atoms with Crippen molar-refractivity contribution in [3.8, 4) is 6.01 Å².